The van der Waals surface area contributed by atoms with Gasteiger partial charge in [-0.25, -0.2) is 9.29 Å². The van der Waals surface area contributed by atoms with Crippen molar-refractivity contribution < 1.29 is 28.3 Å². The number of benzene rings is 4. The highest BCUT2D eigenvalue weighted by Gasteiger charge is 2.61. The van der Waals surface area contributed by atoms with Gasteiger partial charge in [-0.05, 0) is 70.8 Å². The van der Waals surface area contributed by atoms with Gasteiger partial charge in [0.2, 0.25) is 17.7 Å². The van der Waals surface area contributed by atoms with E-state index in [1.807, 2.05) is 24.3 Å². The molecule has 212 valence electrons. The predicted octanol–water partition coefficient (Wildman–Crippen LogP) is 5.18. The van der Waals surface area contributed by atoms with Gasteiger partial charge < -0.3 is 9.64 Å². The van der Waals surface area contributed by atoms with Crippen molar-refractivity contribution in [3.8, 4) is 5.75 Å². The molecule has 4 aromatic carbocycles. The molecule has 43 heavy (non-hydrogen) atoms. The lowest BCUT2D eigenvalue weighted by Crippen LogP contribution is -2.41. The van der Waals surface area contributed by atoms with E-state index in [0.29, 0.717) is 11.4 Å². The molecule has 2 aliphatic heterocycles. The Bertz CT molecular complexity index is 1720. The SMILES string of the molecule is O=C(Oc1ccc(N2C(=O)[C@@H]3C4c5ccccc5C(c5ccccc54)[C@@H]3C2=O)cc1)[C@H]1CC(=O)N(c2ccc(F)cc2)C1. The first-order valence-corrected chi connectivity index (χ1v) is 14.3. The van der Waals surface area contributed by atoms with Crippen LogP contribution in [0.25, 0.3) is 0 Å². The van der Waals surface area contributed by atoms with Crippen molar-refractivity contribution in [3.63, 3.8) is 0 Å². The number of amides is 3. The third-order valence-corrected chi connectivity index (χ3v) is 9.36. The summed E-state index contributed by atoms with van der Waals surface area (Å²) in [5.41, 5.74) is 5.39. The van der Waals surface area contributed by atoms with Crippen molar-refractivity contribution in [2.45, 2.75) is 18.3 Å². The van der Waals surface area contributed by atoms with Crippen LogP contribution in [0.5, 0.6) is 5.75 Å². The average Bonchev–Trinajstić information content (AvgIpc) is 3.55. The molecule has 0 radical (unpaired) electrons. The molecule has 4 aromatic rings. The lowest BCUT2D eigenvalue weighted by atomic mass is 9.55. The minimum atomic E-state index is -0.680. The summed E-state index contributed by atoms with van der Waals surface area (Å²) < 4.78 is 18.9. The Morgan fingerprint density at radius 3 is 1.67 bits per heavy atom. The molecule has 3 aliphatic carbocycles. The van der Waals surface area contributed by atoms with E-state index < -0.39 is 29.5 Å². The average molecular weight is 573 g/mol. The fraction of sp³-hybridized carbons (Fsp3) is 0.200. The zero-order valence-electron chi connectivity index (χ0n) is 22.9. The van der Waals surface area contributed by atoms with Crippen LogP contribution in [0.15, 0.2) is 97.1 Å². The summed E-state index contributed by atoms with van der Waals surface area (Å²) in [5, 5.41) is 0. The molecule has 2 fully saturated rings. The molecule has 0 aromatic heterocycles. The molecule has 3 amide bonds. The first kappa shape index (κ1) is 25.6. The van der Waals surface area contributed by atoms with Gasteiger partial charge in [0.15, 0.2) is 0 Å². The van der Waals surface area contributed by atoms with Crippen LogP contribution in [0.1, 0.15) is 40.5 Å². The third-order valence-electron chi connectivity index (χ3n) is 9.36. The maximum Gasteiger partial charge on any atom is 0.316 e. The number of hydrogen-bond acceptors (Lipinski definition) is 5. The van der Waals surface area contributed by atoms with E-state index in [1.54, 1.807) is 24.3 Å². The van der Waals surface area contributed by atoms with Gasteiger partial charge in [-0.2, -0.15) is 0 Å². The highest BCUT2D eigenvalue weighted by molar-refractivity contribution is 6.23. The number of nitrogens with zero attached hydrogens (tertiary/aromatic N) is 2. The molecular weight excluding hydrogens is 547 g/mol. The van der Waals surface area contributed by atoms with E-state index >= 15 is 0 Å². The van der Waals surface area contributed by atoms with Crippen molar-refractivity contribution in [2.24, 2.45) is 17.8 Å². The summed E-state index contributed by atoms with van der Waals surface area (Å²) in [6, 6.07) is 28.1. The maximum atomic E-state index is 14.0. The van der Waals surface area contributed by atoms with Crippen LogP contribution in [-0.2, 0) is 19.2 Å². The molecule has 2 heterocycles. The second kappa shape index (κ2) is 9.46. The highest BCUT2D eigenvalue weighted by Crippen LogP contribution is 2.61. The summed E-state index contributed by atoms with van der Waals surface area (Å²) in [6.45, 7) is 0.133. The molecule has 0 N–H and O–H groups in total. The van der Waals surface area contributed by atoms with Crippen molar-refractivity contribution >= 4 is 35.1 Å². The molecule has 3 atom stereocenters. The quantitative estimate of drug-likeness (QED) is 0.191. The zero-order chi connectivity index (χ0) is 29.4. The monoisotopic (exact) mass is 572 g/mol. The van der Waals surface area contributed by atoms with Crippen molar-refractivity contribution in [1.29, 1.82) is 0 Å². The Hall–Kier alpha value is -5.11. The Labute approximate surface area is 246 Å². The minimum Gasteiger partial charge on any atom is -0.426 e. The lowest BCUT2D eigenvalue weighted by Gasteiger charge is -2.45. The fourth-order valence-corrected chi connectivity index (χ4v) is 7.53. The molecule has 2 bridgehead atoms. The van der Waals surface area contributed by atoms with Gasteiger partial charge in [-0.15, -0.1) is 0 Å². The van der Waals surface area contributed by atoms with Crippen LogP contribution in [-0.4, -0.2) is 30.2 Å². The summed E-state index contributed by atoms with van der Waals surface area (Å²) in [6.07, 6.45) is -0.0129. The molecular formula is C35H25FN2O5. The number of esters is 1. The Balaban J connectivity index is 1.02. The number of halogens is 1. The number of carbonyl (C=O) groups excluding carboxylic acids is 4. The van der Waals surface area contributed by atoms with Gasteiger partial charge in [0.1, 0.15) is 11.6 Å². The number of hydrogen-bond donors (Lipinski definition) is 0. The number of ether oxygens (including phenoxy) is 1. The van der Waals surface area contributed by atoms with Crippen LogP contribution < -0.4 is 14.5 Å². The number of anilines is 2. The van der Waals surface area contributed by atoms with Crippen LogP contribution in [0, 0.1) is 23.6 Å². The van der Waals surface area contributed by atoms with E-state index in [-0.39, 0.29) is 48.3 Å². The van der Waals surface area contributed by atoms with E-state index in [0.717, 1.165) is 22.3 Å². The van der Waals surface area contributed by atoms with Gasteiger partial charge >= 0.3 is 5.97 Å². The molecule has 7 nitrogen and oxygen atoms in total. The standard InChI is InChI=1S/C35H25FN2O5/c36-20-9-11-21(12-10-20)37-18-19(17-28(37)39)35(42)43-23-15-13-22(14-16-23)38-33(40)31-29-24-5-1-2-6-25(24)30(32(31)34(38)41)27-8-4-3-7-26(27)29/h1-16,19,29-32H,17-18H2/t19-,29?,30?,31-,32+/m0/s1. The van der Waals surface area contributed by atoms with Crippen LogP contribution in [0.2, 0.25) is 0 Å². The van der Waals surface area contributed by atoms with E-state index in [2.05, 4.69) is 24.3 Å². The third kappa shape index (κ3) is 3.79. The first-order valence-electron chi connectivity index (χ1n) is 14.3. The Kier molecular flexibility index (Phi) is 5.63. The van der Waals surface area contributed by atoms with Gasteiger partial charge in [0.05, 0.1) is 23.4 Å². The highest BCUT2D eigenvalue weighted by atomic mass is 19.1. The molecule has 0 saturated carbocycles. The fourth-order valence-electron chi connectivity index (χ4n) is 7.53. The van der Waals surface area contributed by atoms with Gasteiger partial charge in [-0.3, -0.25) is 19.2 Å². The summed E-state index contributed by atoms with van der Waals surface area (Å²) in [5.74, 6) is -3.42. The van der Waals surface area contributed by atoms with Crippen molar-refractivity contribution in [3.05, 3.63) is 125 Å². The molecule has 9 rings (SSSR count). The van der Waals surface area contributed by atoms with Crippen LogP contribution >= 0.6 is 0 Å². The number of carbonyl (C=O) groups is 4. The van der Waals surface area contributed by atoms with E-state index in [4.69, 9.17) is 4.74 Å². The van der Waals surface area contributed by atoms with Crippen molar-refractivity contribution in [1.82, 2.24) is 0 Å². The first-order chi connectivity index (χ1) is 20.9. The van der Waals surface area contributed by atoms with Gasteiger partial charge in [0, 0.05) is 30.5 Å². The van der Waals surface area contributed by atoms with E-state index in [1.165, 1.54) is 34.1 Å². The second-order valence-electron chi connectivity index (χ2n) is 11.6. The molecule has 8 heteroatoms. The topological polar surface area (TPSA) is 84.0 Å². The zero-order valence-corrected chi connectivity index (χ0v) is 22.9. The maximum absolute atomic E-state index is 14.0. The number of imide groups is 1. The van der Waals surface area contributed by atoms with Crippen LogP contribution in [0.4, 0.5) is 15.8 Å². The minimum absolute atomic E-state index is 0.0129. The second-order valence-corrected chi connectivity index (χ2v) is 11.6. The van der Waals surface area contributed by atoms with Gasteiger partial charge in [0.25, 0.3) is 0 Å². The summed E-state index contributed by atoms with van der Waals surface area (Å²) in [4.78, 5) is 56.1. The Morgan fingerprint density at radius 1 is 0.674 bits per heavy atom. The van der Waals surface area contributed by atoms with Crippen molar-refractivity contribution in [2.75, 3.05) is 16.3 Å². The van der Waals surface area contributed by atoms with Gasteiger partial charge in [-0.1, -0.05) is 48.5 Å². The largest absolute Gasteiger partial charge is 0.426 e. The Morgan fingerprint density at radius 2 is 1.16 bits per heavy atom. The smallest absolute Gasteiger partial charge is 0.316 e. The normalized spacial score (nSPS) is 25.0. The predicted molar refractivity (Wildman–Crippen MR) is 155 cm³/mol. The van der Waals surface area contributed by atoms with E-state index in [9.17, 15) is 23.6 Å². The molecule has 2 saturated heterocycles. The lowest BCUT2D eigenvalue weighted by molar-refractivity contribution is -0.139. The summed E-state index contributed by atoms with van der Waals surface area (Å²) >= 11 is 0. The molecule has 0 unspecified atom stereocenters. The summed E-state index contributed by atoms with van der Waals surface area (Å²) in [7, 11) is 0. The molecule has 5 aliphatic rings. The number of rotatable bonds is 4. The van der Waals surface area contributed by atoms with Crippen LogP contribution in [0.3, 0.4) is 0 Å². The molecule has 0 spiro atoms.